The van der Waals surface area contributed by atoms with Crippen molar-refractivity contribution in [1.29, 1.82) is 0 Å². The first kappa shape index (κ1) is 20.1. The van der Waals surface area contributed by atoms with Crippen molar-refractivity contribution >= 4 is 45.6 Å². The Morgan fingerprint density at radius 3 is 2.68 bits per heavy atom. The van der Waals surface area contributed by atoms with Crippen LogP contribution in [0.4, 0.5) is 10.8 Å². The molecule has 2 aromatic heterocycles. The number of hydrogen-bond acceptors (Lipinski definition) is 5. The zero-order valence-electron chi connectivity index (χ0n) is 16.0. The Morgan fingerprint density at radius 2 is 2.07 bits per heavy atom. The maximum Gasteiger partial charge on any atom is 0.355 e. The molecule has 146 valence electrons. The standard InChI is InChI=1S/C20H20ClN3O3S/c1-12-8-13(2)18(16(21)9-12)24(14(3)25)20-22-15(11-28-20)10-27-19(26)17-6-5-7-23(17)4/h5-9,11H,10H2,1-4H3. The van der Waals surface area contributed by atoms with E-state index in [0.717, 1.165) is 11.1 Å². The zero-order valence-corrected chi connectivity index (χ0v) is 17.6. The predicted octanol–water partition coefficient (Wildman–Crippen LogP) is 4.79. The number of carbonyl (C=O) groups excluding carboxylic acids is 2. The third-order valence-electron chi connectivity index (χ3n) is 4.17. The van der Waals surface area contributed by atoms with Gasteiger partial charge in [-0.2, -0.15) is 0 Å². The SMILES string of the molecule is CC(=O)N(c1nc(COC(=O)c2cccn2C)cs1)c1c(C)cc(C)cc1Cl. The van der Waals surface area contributed by atoms with Crippen LogP contribution in [0.5, 0.6) is 0 Å². The van der Waals surface area contributed by atoms with Crippen LogP contribution in [0.15, 0.2) is 35.8 Å². The van der Waals surface area contributed by atoms with Crippen LogP contribution in [0.1, 0.15) is 34.2 Å². The second-order valence-electron chi connectivity index (χ2n) is 6.47. The lowest BCUT2D eigenvalue weighted by Gasteiger charge is -2.22. The molecule has 3 rings (SSSR count). The number of aryl methyl sites for hydroxylation is 3. The topological polar surface area (TPSA) is 64.4 Å². The molecule has 0 unspecified atom stereocenters. The Hall–Kier alpha value is -2.64. The molecule has 0 bridgehead atoms. The summed E-state index contributed by atoms with van der Waals surface area (Å²) in [5.41, 5.74) is 3.54. The molecule has 1 amide bonds. The van der Waals surface area contributed by atoms with E-state index in [9.17, 15) is 9.59 Å². The summed E-state index contributed by atoms with van der Waals surface area (Å²) in [4.78, 5) is 30.5. The fourth-order valence-electron chi connectivity index (χ4n) is 2.93. The number of rotatable bonds is 5. The third-order valence-corrected chi connectivity index (χ3v) is 5.33. The van der Waals surface area contributed by atoms with E-state index in [1.807, 2.05) is 26.0 Å². The van der Waals surface area contributed by atoms with Crippen LogP contribution in [-0.4, -0.2) is 21.4 Å². The first-order valence-corrected chi connectivity index (χ1v) is 9.84. The van der Waals surface area contributed by atoms with Gasteiger partial charge in [-0.1, -0.05) is 17.7 Å². The van der Waals surface area contributed by atoms with E-state index in [1.165, 1.54) is 23.2 Å². The second kappa shape index (κ2) is 8.16. The number of thiazole rings is 1. The van der Waals surface area contributed by atoms with Gasteiger partial charge in [0.2, 0.25) is 5.91 Å². The van der Waals surface area contributed by atoms with E-state index in [0.29, 0.717) is 27.2 Å². The van der Waals surface area contributed by atoms with E-state index in [1.54, 1.807) is 35.3 Å². The second-order valence-corrected chi connectivity index (χ2v) is 7.71. The lowest BCUT2D eigenvalue weighted by atomic mass is 10.1. The summed E-state index contributed by atoms with van der Waals surface area (Å²) in [7, 11) is 1.77. The maximum absolute atomic E-state index is 12.3. The van der Waals surface area contributed by atoms with Crippen LogP contribution in [0.3, 0.4) is 0 Å². The lowest BCUT2D eigenvalue weighted by molar-refractivity contribution is -0.115. The minimum Gasteiger partial charge on any atom is -0.454 e. The van der Waals surface area contributed by atoms with E-state index >= 15 is 0 Å². The molecular formula is C20H20ClN3O3S. The number of aromatic nitrogens is 2. The van der Waals surface area contributed by atoms with Gasteiger partial charge in [0.25, 0.3) is 0 Å². The minimum atomic E-state index is -0.428. The van der Waals surface area contributed by atoms with Crippen LogP contribution in [0.2, 0.25) is 5.02 Å². The van der Waals surface area contributed by atoms with Crippen molar-refractivity contribution in [3.8, 4) is 0 Å². The highest BCUT2D eigenvalue weighted by Gasteiger charge is 2.23. The summed E-state index contributed by atoms with van der Waals surface area (Å²) >= 11 is 7.71. The third kappa shape index (κ3) is 4.10. The van der Waals surface area contributed by atoms with Crippen LogP contribution >= 0.6 is 22.9 Å². The van der Waals surface area contributed by atoms with Gasteiger partial charge in [0, 0.05) is 25.5 Å². The average molecular weight is 418 g/mol. The van der Waals surface area contributed by atoms with Crippen LogP contribution in [0, 0.1) is 13.8 Å². The van der Waals surface area contributed by atoms with E-state index in [-0.39, 0.29) is 12.5 Å². The number of ether oxygens (including phenoxy) is 1. The van der Waals surface area contributed by atoms with Crippen molar-refractivity contribution in [2.45, 2.75) is 27.4 Å². The normalized spacial score (nSPS) is 10.8. The number of anilines is 2. The zero-order chi connectivity index (χ0) is 20.4. The number of amides is 1. The van der Waals surface area contributed by atoms with Crippen LogP contribution in [0.25, 0.3) is 0 Å². The molecule has 2 heterocycles. The van der Waals surface area contributed by atoms with Crippen LogP contribution in [-0.2, 0) is 23.2 Å². The Labute approximate surface area is 172 Å². The monoisotopic (exact) mass is 417 g/mol. The Balaban J connectivity index is 1.82. The molecule has 6 nitrogen and oxygen atoms in total. The molecule has 28 heavy (non-hydrogen) atoms. The van der Waals surface area contributed by atoms with Gasteiger partial charge in [0.1, 0.15) is 12.3 Å². The number of nitrogens with zero attached hydrogens (tertiary/aromatic N) is 3. The number of carbonyl (C=O) groups is 2. The molecular weight excluding hydrogens is 398 g/mol. The summed E-state index contributed by atoms with van der Waals surface area (Å²) in [5, 5.41) is 2.73. The van der Waals surface area contributed by atoms with Crippen molar-refractivity contribution < 1.29 is 14.3 Å². The molecule has 0 saturated heterocycles. The van der Waals surface area contributed by atoms with Crippen LogP contribution < -0.4 is 4.90 Å². The van der Waals surface area contributed by atoms with E-state index in [2.05, 4.69) is 4.98 Å². The molecule has 0 radical (unpaired) electrons. The van der Waals surface area contributed by atoms with Gasteiger partial charge in [-0.05, 0) is 43.2 Å². The van der Waals surface area contributed by atoms with E-state index in [4.69, 9.17) is 16.3 Å². The minimum absolute atomic E-state index is 0.0207. The van der Waals surface area contributed by atoms with Gasteiger partial charge < -0.3 is 9.30 Å². The Kier molecular flexibility index (Phi) is 5.86. The van der Waals surface area contributed by atoms with Crippen molar-refractivity contribution in [3.05, 3.63) is 63.4 Å². The van der Waals surface area contributed by atoms with Gasteiger partial charge in [-0.15, -0.1) is 11.3 Å². The number of halogens is 1. The molecule has 0 N–H and O–H groups in total. The molecule has 0 aliphatic carbocycles. The quantitative estimate of drug-likeness (QED) is 0.559. The first-order chi connectivity index (χ1) is 13.3. The number of hydrogen-bond donors (Lipinski definition) is 0. The predicted molar refractivity (Wildman–Crippen MR) is 110 cm³/mol. The molecule has 0 fully saturated rings. The van der Waals surface area contributed by atoms with E-state index < -0.39 is 5.97 Å². The molecule has 1 aromatic carbocycles. The molecule has 3 aromatic rings. The molecule has 0 saturated carbocycles. The van der Waals surface area contributed by atoms with Gasteiger partial charge in [-0.3, -0.25) is 9.69 Å². The fourth-order valence-corrected chi connectivity index (χ4v) is 4.19. The van der Waals surface area contributed by atoms with Crippen molar-refractivity contribution in [2.75, 3.05) is 4.90 Å². The molecule has 0 atom stereocenters. The van der Waals surface area contributed by atoms with Gasteiger partial charge in [0.05, 0.1) is 16.4 Å². The highest BCUT2D eigenvalue weighted by molar-refractivity contribution is 7.14. The van der Waals surface area contributed by atoms with Gasteiger partial charge in [-0.25, -0.2) is 9.78 Å². The molecule has 0 aliphatic rings. The largest absolute Gasteiger partial charge is 0.454 e. The lowest BCUT2D eigenvalue weighted by Crippen LogP contribution is -2.24. The number of benzene rings is 1. The maximum atomic E-state index is 12.3. The molecule has 8 heteroatoms. The van der Waals surface area contributed by atoms with Crippen molar-refractivity contribution in [1.82, 2.24) is 9.55 Å². The number of esters is 1. The summed E-state index contributed by atoms with van der Waals surface area (Å²) in [6, 6.07) is 7.24. The fraction of sp³-hybridized carbons (Fsp3) is 0.250. The molecule has 0 spiro atoms. The summed E-state index contributed by atoms with van der Waals surface area (Å²) < 4.78 is 7.02. The Bertz CT molecular complexity index is 1020. The van der Waals surface area contributed by atoms with Crippen molar-refractivity contribution in [3.63, 3.8) is 0 Å². The highest BCUT2D eigenvalue weighted by atomic mass is 35.5. The molecule has 0 aliphatic heterocycles. The smallest absolute Gasteiger partial charge is 0.355 e. The van der Waals surface area contributed by atoms with Gasteiger partial charge in [0.15, 0.2) is 5.13 Å². The van der Waals surface area contributed by atoms with Gasteiger partial charge >= 0.3 is 5.97 Å². The Morgan fingerprint density at radius 1 is 1.32 bits per heavy atom. The summed E-state index contributed by atoms with van der Waals surface area (Å²) in [6.45, 7) is 5.34. The van der Waals surface area contributed by atoms with Crippen molar-refractivity contribution in [2.24, 2.45) is 7.05 Å². The summed E-state index contributed by atoms with van der Waals surface area (Å²) in [5.74, 6) is -0.626. The highest BCUT2D eigenvalue weighted by Crippen LogP contribution is 2.37. The average Bonchev–Trinajstić information content (AvgIpc) is 3.24. The summed E-state index contributed by atoms with van der Waals surface area (Å²) in [6.07, 6.45) is 1.77. The first-order valence-electron chi connectivity index (χ1n) is 8.58.